The predicted octanol–water partition coefficient (Wildman–Crippen LogP) is 4.40. The van der Waals surface area contributed by atoms with Crippen molar-refractivity contribution in [1.29, 1.82) is 5.26 Å². The van der Waals surface area contributed by atoms with E-state index in [1.54, 1.807) is 12.1 Å². The molecule has 0 heterocycles. The third kappa shape index (κ3) is 5.31. The van der Waals surface area contributed by atoms with Crippen LogP contribution in [0.3, 0.4) is 0 Å². The summed E-state index contributed by atoms with van der Waals surface area (Å²) in [5, 5.41) is 12.1. The van der Waals surface area contributed by atoms with E-state index >= 15 is 0 Å². The van der Waals surface area contributed by atoms with Crippen LogP contribution >= 0.6 is 0 Å². The van der Waals surface area contributed by atoms with Crippen molar-refractivity contribution in [3.8, 4) is 6.07 Å². The highest BCUT2D eigenvalue weighted by atomic mass is 16.5. The number of ether oxygens (including phenoxy) is 1. The standard InChI is InChI=1S/C23H24N2O3/c1-14-6-8-19(9-7-14)12-20(13-24)23(27)28-18(5)22(26)25-21-16(3)10-15(2)11-17(21)4/h6-12,18H,1-5H3,(H,25,26)/b20-12+/t18-/m0/s1. The molecule has 2 rings (SSSR count). The number of rotatable bonds is 5. The van der Waals surface area contributed by atoms with Crippen molar-refractivity contribution in [2.24, 2.45) is 0 Å². The summed E-state index contributed by atoms with van der Waals surface area (Å²) in [6.07, 6.45) is 0.406. The number of benzene rings is 2. The maximum absolute atomic E-state index is 12.5. The van der Waals surface area contributed by atoms with Crippen molar-refractivity contribution in [3.05, 3.63) is 69.8 Å². The molecule has 0 saturated carbocycles. The molecule has 0 aromatic heterocycles. The molecule has 0 aliphatic heterocycles. The Morgan fingerprint density at radius 2 is 1.61 bits per heavy atom. The fourth-order valence-corrected chi connectivity index (χ4v) is 2.85. The molecule has 0 radical (unpaired) electrons. The average Bonchev–Trinajstić information content (AvgIpc) is 2.63. The Labute approximate surface area is 165 Å². The van der Waals surface area contributed by atoms with Gasteiger partial charge >= 0.3 is 5.97 Å². The molecule has 2 aromatic carbocycles. The van der Waals surface area contributed by atoms with Gasteiger partial charge in [-0.2, -0.15) is 5.26 Å². The van der Waals surface area contributed by atoms with Gasteiger partial charge in [0, 0.05) is 5.69 Å². The van der Waals surface area contributed by atoms with E-state index in [9.17, 15) is 14.9 Å². The molecule has 0 bridgehead atoms. The lowest BCUT2D eigenvalue weighted by Crippen LogP contribution is -2.30. The molecule has 0 spiro atoms. The Hall–Kier alpha value is -3.39. The van der Waals surface area contributed by atoms with Crippen molar-refractivity contribution in [2.75, 3.05) is 5.32 Å². The molecule has 1 atom stereocenters. The van der Waals surface area contributed by atoms with Crippen molar-refractivity contribution >= 4 is 23.6 Å². The van der Waals surface area contributed by atoms with Gasteiger partial charge in [-0.15, -0.1) is 0 Å². The van der Waals surface area contributed by atoms with E-state index in [0.29, 0.717) is 11.3 Å². The summed E-state index contributed by atoms with van der Waals surface area (Å²) < 4.78 is 5.20. The molecule has 5 heteroatoms. The zero-order chi connectivity index (χ0) is 20.8. The molecular formula is C23H24N2O3. The number of carbonyl (C=O) groups excluding carboxylic acids is 2. The first-order valence-electron chi connectivity index (χ1n) is 8.99. The molecular weight excluding hydrogens is 352 g/mol. The van der Waals surface area contributed by atoms with E-state index < -0.39 is 18.0 Å². The van der Waals surface area contributed by atoms with Crippen LogP contribution in [0.2, 0.25) is 0 Å². The van der Waals surface area contributed by atoms with E-state index in [0.717, 1.165) is 22.3 Å². The zero-order valence-corrected chi connectivity index (χ0v) is 16.8. The van der Waals surface area contributed by atoms with E-state index in [1.165, 1.54) is 13.0 Å². The Bertz CT molecular complexity index is 943. The minimum atomic E-state index is -1.04. The second-order valence-electron chi connectivity index (χ2n) is 6.89. The quantitative estimate of drug-likeness (QED) is 0.477. The van der Waals surface area contributed by atoms with Crippen LogP contribution in [0.1, 0.15) is 34.7 Å². The van der Waals surface area contributed by atoms with E-state index in [2.05, 4.69) is 5.32 Å². The molecule has 0 aliphatic rings. The topological polar surface area (TPSA) is 79.2 Å². The molecule has 28 heavy (non-hydrogen) atoms. The van der Waals surface area contributed by atoms with Crippen molar-refractivity contribution in [2.45, 2.75) is 40.7 Å². The number of esters is 1. The van der Waals surface area contributed by atoms with Gasteiger partial charge in [0.2, 0.25) is 0 Å². The molecule has 1 amide bonds. The third-order valence-electron chi connectivity index (χ3n) is 4.31. The number of aryl methyl sites for hydroxylation is 4. The summed E-state index contributed by atoms with van der Waals surface area (Å²) in [5.74, 6) is -1.28. The molecule has 0 fully saturated rings. The largest absolute Gasteiger partial charge is 0.448 e. The number of nitrogens with one attached hydrogen (secondary N) is 1. The minimum Gasteiger partial charge on any atom is -0.448 e. The van der Waals surface area contributed by atoms with Crippen LogP contribution in [-0.4, -0.2) is 18.0 Å². The molecule has 0 saturated heterocycles. The van der Waals surface area contributed by atoms with Crippen molar-refractivity contribution < 1.29 is 14.3 Å². The van der Waals surface area contributed by atoms with Gasteiger partial charge in [0.25, 0.3) is 5.91 Å². The normalized spacial score (nSPS) is 12.1. The Kier molecular flexibility index (Phi) is 6.73. The van der Waals surface area contributed by atoms with E-state index in [-0.39, 0.29) is 5.57 Å². The lowest BCUT2D eigenvalue weighted by atomic mass is 10.0. The first-order chi connectivity index (χ1) is 13.2. The van der Waals surface area contributed by atoms with Crippen LogP contribution in [0.15, 0.2) is 42.0 Å². The third-order valence-corrected chi connectivity index (χ3v) is 4.31. The summed E-state index contributed by atoms with van der Waals surface area (Å²) >= 11 is 0. The zero-order valence-electron chi connectivity index (χ0n) is 16.8. The van der Waals surface area contributed by atoms with Crippen LogP contribution in [0.4, 0.5) is 5.69 Å². The van der Waals surface area contributed by atoms with Gasteiger partial charge in [-0.05, 0) is 57.4 Å². The maximum atomic E-state index is 12.5. The number of nitriles is 1. The van der Waals surface area contributed by atoms with E-state index in [4.69, 9.17) is 4.74 Å². The number of amides is 1. The highest BCUT2D eigenvalue weighted by Crippen LogP contribution is 2.22. The molecule has 2 aromatic rings. The monoisotopic (exact) mass is 376 g/mol. The first-order valence-corrected chi connectivity index (χ1v) is 8.99. The van der Waals surface area contributed by atoms with Crippen molar-refractivity contribution in [3.63, 3.8) is 0 Å². The lowest BCUT2D eigenvalue weighted by molar-refractivity contribution is -0.148. The summed E-state index contributed by atoms with van der Waals surface area (Å²) in [6, 6.07) is 13.2. The van der Waals surface area contributed by atoms with Gasteiger partial charge in [0.1, 0.15) is 11.6 Å². The molecule has 0 aliphatic carbocycles. The molecule has 144 valence electrons. The number of carbonyl (C=O) groups is 2. The van der Waals surface area contributed by atoms with Gasteiger partial charge in [0.15, 0.2) is 6.10 Å². The SMILES string of the molecule is Cc1ccc(/C=C(\C#N)C(=O)O[C@@H](C)C(=O)Nc2c(C)cc(C)cc2C)cc1. The number of anilines is 1. The fourth-order valence-electron chi connectivity index (χ4n) is 2.85. The fraction of sp³-hybridized carbons (Fsp3) is 0.261. The summed E-state index contributed by atoms with van der Waals surface area (Å²) in [7, 11) is 0. The number of nitrogens with zero attached hydrogens (tertiary/aromatic N) is 1. The first kappa shape index (κ1) is 20.9. The minimum absolute atomic E-state index is 0.161. The van der Waals surface area contributed by atoms with Crippen molar-refractivity contribution in [1.82, 2.24) is 0 Å². The highest BCUT2D eigenvalue weighted by Gasteiger charge is 2.21. The Morgan fingerprint density at radius 3 is 2.14 bits per heavy atom. The van der Waals surface area contributed by atoms with Gasteiger partial charge in [-0.25, -0.2) is 4.79 Å². The second kappa shape index (κ2) is 9.01. The van der Waals surface area contributed by atoms with Crippen LogP contribution in [0.5, 0.6) is 0 Å². The summed E-state index contributed by atoms with van der Waals surface area (Å²) in [6.45, 7) is 9.23. The smallest absolute Gasteiger partial charge is 0.349 e. The summed E-state index contributed by atoms with van der Waals surface area (Å²) in [4.78, 5) is 24.8. The molecule has 1 N–H and O–H groups in total. The van der Waals surface area contributed by atoms with Crippen LogP contribution in [-0.2, 0) is 14.3 Å². The number of hydrogen-bond acceptors (Lipinski definition) is 4. The van der Waals surface area contributed by atoms with Gasteiger partial charge in [-0.3, -0.25) is 4.79 Å². The Morgan fingerprint density at radius 1 is 1.04 bits per heavy atom. The lowest BCUT2D eigenvalue weighted by Gasteiger charge is -2.16. The highest BCUT2D eigenvalue weighted by molar-refractivity contribution is 6.01. The van der Waals surface area contributed by atoms with Gasteiger partial charge < -0.3 is 10.1 Å². The van der Waals surface area contributed by atoms with Gasteiger partial charge in [0.05, 0.1) is 0 Å². The Balaban J connectivity index is 2.09. The van der Waals surface area contributed by atoms with Crippen LogP contribution in [0.25, 0.3) is 6.08 Å². The van der Waals surface area contributed by atoms with Crippen LogP contribution < -0.4 is 5.32 Å². The average molecular weight is 376 g/mol. The number of hydrogen-bond donors (Lipinski definition) is 1. The molecule has 5 nitrogen and oxygen atoms in total. The van der Waals surface area contributed by atoms with Gasteiger partial charge in [-0.1, -0.05) is 47.5 Å². The maximum Gasteiger partial charge on any atom is 0.349 e. The predicted molar refractivity (Wildman–Crippen MR) is 110 cm³/mol. The second-order valence-corrected chi connectivity index (χ2v) is 6.89. The molecule has 0 unspecified atom stereocenters. The van der Waals surface area contributed by atoms with Crippen LogP contribution in [0, 0.1) is 39.0 Å². The summed E-state index contributed by atoms with van der Waals surface area (Å²) in [5.41, 5.74) is 5.29. The van der Waals surface area contributed by atoms with E-state index in [1.807, 2.05) is 58.0 Å².